The number of aromatic nitrogens is 2. The second-order valence-corrected chi connectivity index (χ2v) is 10.6. The summed E-state index contributed by atoms with van der Waals surface area (Å²) in [7, 11) is -2.71. The predicted octanol–water partition coefficient (Wildman–Crippen LogP) is 0.371. The van der Waals surface area contributed by atoms with Crippen LogP contribution in [0.15, 0.2) is 23.2 Å². The van der Waals surface area contributed by atoms with E-state index >= 15 is 0 Å². The predicted molar refractivity (Wildman–Crippen MR) is 101 cm³/mol. The Hall–Kier alpha value is -2.40. The summed E-state index contributed by atoms with van der Waals surface area (Å²) in [5.74, 6) is -1.56. The van der Waals surface area contributed by atoms with Crippen molar-refractivity contribution in [2.24, 2.45) is 7.05 Å². The van der Waals surface area contributed by atoms with Gasteiger partial charge in [0, 0.05) is 44.8 Å². The molecule has 0 fully saturated rings. The third-order valence-electron chi connectivity index (χ3n) is 3.90. The number of hydrogen-bond donors (Lipinski definition) is 1. The Bertz CT molecular complexity index is 1120. The van der Waals surface area contributed by atoms with Gasteiger partial charge in [-0.15, -0.1) is 0 Å². The molecule has 0 radical (unpaired) electrons. The van der Waals surface area contributed by atoms with Crippen molar-refractivity contribution in [1.29, 1.82) is 0 Å². The highest BCUT2D eigenvalue weighted by Crippen LogP contribution is 2.34. The average molecular weight is 415 g/mol. The molecular formula is C16H21N3O6S2. The molecule has 0 amide bonds. The van der Waals surface area contributed by atoms with E-state index in [0.29, 0.717) is 0 Å². The fourth-order valence-electron chi connectivity index (χ4n) is 2.76. The molecule has 0 aliphatic rings. The smallest absolute Gasteiger partial charge is 0.220 e. The van der Waals surface area contributed by atoms with Crippen LogP contribution in [0.5, 0.6) is 5.88 Å². The highest BCUT2D eigenvalue weighted by Gasteiger charge is 2.28. The minimum Gasteiger partial charge on any atom is -0.493 e. The van der Waals surface area contributed by atoms with Gasteiger partial charge in [-0.3, -0.25) is 4.79 Å². The summed E-state index contributed by atoms with van der Waals surface area (Å²) in [6, 6.07) is 2.52. The first-order valence-electron chi connectivity index (χ1n) is 7.70. The lowest BCUT2D eigenvalue weighted by Gasteiger charge is -2.23. The number of aromatic hydroxyl groups is 1. The van der Waals surface area contributed by atoms with Gasteiger partial charge in [-0.2, -0.15) is 5.10 Å². The molecule has 2 aromatic rings. The number of rotatable bonds is 6. The van der Waals surface area contributed by atoms with E-state index in [1.165, 1.54) is 30.3 Å². The van der Waals surface area contributed by atoms with Crippen LogP contribution in [0.2, 0.25) is 0 Å². The number of ketones is 1. The molecule has 1 aromatic carbocycles. The molecule has 148 valence electrons. The molecule has 0 saturated heterocycles. The van der Waals surface area contributed by atoms with Crippen LogP contribution >= 0.6 is 0 Å². The van der Waals surface area contributed by atoms with Gasteiger partial charge in [-0.1, -0.05) is 0 Å². The fraction of sp³-hybridized carbons (Fsp3) is 0.375. The number of anilines is 1. The van der Waals surface area contributed by atoms with Crippen LogP contribution in [0.3, 0.4) is 0 Å². The Morgan fingerprint density at radius 2 is 1.74 bits per heavy atom. The second-order valence-electron chi connectivity index (χ2n) is 6.51. The molecule has 9 nitrogen and oxygen atoms in total. The van der Waals surface area contributed by atoms with Gasteiger partial charge in [0.25, 0.3) is 0 Å². The molecule has 0 unspecified atom stereocenters. The number of carbonyl (C=O) groups excluding carboxylic acids is 1. The molecule has 0 saturated carbocycles. The monoisotopic (exact) mass is 415 g/mol. The van der Waals surface area contributed by atoms with Crippen molar-refractivity contribution in [3.05, 3.63) is 35.0 Å². The molecule has 1 heterocycles. The first-order valence-corrected chi connectivity index (χ1v) is 11.7. The number of benzene rings is 1. The van der Waals surface area contributed by atoms with Gasteiger partial charge >= 0.3 is 0 Å². The van der Waals surface area contributed by atoms with Crippen LogP contribution in [0.4, 0.5) is 5.69 Å². The minimum atomic E-state index is -3.68. The molecule has 27 heavy (non-hydrogen) atoms. The number of aryl methyl sites for hydroxylation is 1. The van der Waals surface area contributed by atoms with E-state index in [9.17, 15) is 26.7 Å². The van der Waals surface area contributed by atoms with Crippen molar-refractivity contribution < 1.29 is 26.7 Å². The van der Waals surface area contributed by atoms with Crippen molar-refractivity contribution in [2.45, 2.75) is 10.6 Å². The maximum atomic E-state index is 12.9. The standard InChI is InChI=1S/C16H21N3O6S2/c1-18(2)14-12(9-26(4,22)23)10(6-7-13(14)27(5,24)25)15(20)11-8-17-19(3)16(11)21/h6-8,21H,9H2,1-5H3. The van der Waals surface area contributed by atoms with E-state index in [0.717, 1.165) is 17.2 Å². The molecule has 0 atom stereocenters. The van der Waals surface area contributed by atoms with Gasteiger partial charge in [0.1, 0.15) is 5.56 Å². The van der Waals surface area contributed by atoms with Crippen LogP contribution in [0.1, 0.15) is 21.5 Å². The maximum absolute atomic E-state index is 12.9. The molecule has 11 heteroatoms. The normalized spacial score (nSPS) is 12.2. The highest BCUT2D eigenvalue weighted by molar-refractivity contribution is 7.91. The molecule has 0 aliphatic heterocycles. The molecule has 0 aliphatic carbocycles. The molecule has 1 N–H and O–H groups in total. The Morgan fingerprint density at radius 3 is 2.15 bits per heavy atom. The number of nitrogens with zero attached hydrogens (tertiary/aromatic N) is 3. The summed E-state index contributed by atoms with van der Waals surface area (Å²) < 4.78 is 49.4. The van der Waals surface area contributed by atoms with Gasteiger partial charge in [-0.05, 0) is 12.1 Å². The van der Waals surface area contributed by atoms with Gasteiger partial charge in [0.2, 0.25) is 5.88 Å². The first-order chi connectivity index (χ1) is 12.2. The zero-order chi connectivity index (χ0) is 20.7. The van der Waals surface area contributed by atoms with E-state index in [-0.39, 0.29) is 33.2 Å². The SMILES string of the molecule is CN(C)c1c(S(C)(=O)=O)ccc(C(=O)c2cnn(C)c2O)c1CS(C)(=O)=O. The summed E-state index contributed by atoms with van der Waals surface area (Å²) in [5.41, 5.74) is 0.0553. The number of hydrogen-bond acceptors (Lipinski definition) is 8. The van der Waals surface area contributed by atoms with Crippen molar-refractivity contribution >= 4 is 31.1 Å². The Labute approximate surface area is 158 Å². The van der Waals surface area contributed by atoms with Crippen LogP contribution in [-0.2, 0) is 32.5 Å². The Kier molecular flexibility index (Phi) is 5.39. The fourth-order valence-corrected chi connectivity index (χ4v) is 4.55. The number of sulfone groups is 2. The van der Waals surface area contributed by atoms with Crippen molar-refractivity contribution in [3.63, 3.8) is 0 Å². The van der Waals surface area contributed by atoms with E-state index in [1.807, 2.05) is 0 Å². The van der Waals surface area contributed by atoms with Gasteiger partial charge in [0.15, 0.2) is 25.5 Å². The van der Waals surface area contributed by atoms with Gasteiger partial charge < -0.3 is 10.0 Å². The van der Waals surface area contributed by atoms with Gasteiger partial charge in [0.05, 0.1) is 22.5 Å². The van der Waals surface area contributed by atoms with E-state index < -0.39 is 31.2 Å². The summed E-state index contributed by atoms with van der Waals surface area (Å²) >= 11 is 0. The third-order valence-corrected chi connectivity index (χ3v) is 5.84. The second kappa shape index (κ2) is 6.97. The largest absolute Gasteiger partial charge is 0.493 e. The average Bonchev–Trinajstić information content (AvgIpc) is 2.83. The summed E-state index contributed by atoms with van der Waals surface area (Å²) in [6.07, 6.45) is 3.17. The zero-order valence-electron chi connectivity index (χ0n) is 15.6. The lowest BCUT2D eigenvalue weighted by atomic mass is 9.99. The molecule has 1 aromatic heterocycles. The Balaban J connectivity index is 2.87. The minimum absolute atomic E-state index is 0.0141. The van der Waals surface area contributed by atoms with E-state index in [4.69, 9.17) is 0 Å². The molecule has 0 spiro atoms. The van der Waals surface area contributed by atoms with Crippen LogP contribution in [-0.4, -0.2) is 64.1 Å². The highest BCUT2D eigenvalue weighted by atomic mass is 32.2. The molecular weight excluding hydrogens is 394 g/mol. The van der Waals surface area contributed by atoms with Crippen LogP contribution < -0.4 is 4.90 Å². The molecule has 2 rings (SSSR count). The van der Waals surface area contributed by atoms with E-state index in [1.54, 1.807) is 14.1 Å². The zero-order valence-corrected chi connectivity index (χ0v) is 17.2. The van der Waals surface area contributed by atoms with Crippen LogP contribution in [0, 0.1) is 0 Å². The Morgan fingerprint density at radius 1 is 1.15 bits per heavy atom. The van der Waals surface area contributed by atoms with Gasteiger partial charge in [-0.25, -0.2) is 21.5 Å². The first kappa shape index (κ1) is 20.9. The van der Waals surface area contributed by atoms with Crippen molar-refractivity contribution in [3.8, 4) is 5.88 Å². The topological polar surface area (TPSA) is 127 Å². The van der Waals surface area contributed by atoms with E-state index in [2.05, 4.69) is 5.10 Å². The summed E-state index contributed by atoms with van der Waals surface area (Å²) in [6.45, 7) is 0. The quantitative estimate of drug-likeness (QED) is 0.671. The third kappa shape index (κ3) is 4.30. The lowest BCUT2D eigenvalue weighted by molar-refractivity contribution is 0.103. The lowest BCUT2D eigenvalue weighted by Crippen LogP contribution is -2.20. The molecule has 0 bridgehead atoms. The van der Waals surface area contributed by atoms with Crippen molar-refractivity contribution in [2.75, 3.05) is 31.5 Å². The van der Waals surface area contributed by atoms with Crippen molar-refractivity contribution in [1.82, 2.24) is 9.78 Å². The summed E-state index contributed by atoms with van der Waals surface area (Å²) in [4.78, 5) is 14.3. The summed E-state index contributed by atoms with van der Waals surface area (Å²) in [5, 5.41) is 13.8. The maximum Gasteiger partial charge on any atom is 0.220 e. The number of carbonyl (C=O) groups is 1. The van der Waals surface area contributed by atoms with Crippen LogP contribution in [0.25, 0.3) is 0 Å².